The lowest BCUT2D eigenvalue weighted by Crippen LogP contribution is -2.25. The second-order valence-corrected chi connectivity index (χ2v) is 7.87. The van der Waals surface area contributed by atoms with E-state index in [9.17, 15) is 9.18 Å². The second kappa shape index (κ2) is 9.69. The number of rotatable bonds is 8. The van der Waals surface area contributed by atoms with Crippen LogP contribution in [0.3, 0.4) is 0 Å². The number of benzene rings is 3. The molecule has 0 bridgehead atoms. The molecule has 2 N–H and O–H groups in total. The normalized spacial score (nSPS) is 12.0. The topological polar surface area (TPSA) is 54.1 Å². The van der Waals surface area contributed by atoms with Crippen LogP contribution >= 0.6 is 0 Å². The largest absolute Gasteiger partial charge is 0.497 e. The lowest BCUT2D eigenvalue weighted by atomic mass is 9.87. The number of aromatic nitrogens is 1. The Morgan fingerprint density at radius 1 is 1.09 bits per heavy atom. The number of carbonyl (C=O) groups excluding carboxylic acids is 1. The van der Waals surface area contributed by atoms with Crippen molar-refractivity contribution in [3.05, 3.63) is 101 Å². The molecule has 0 radical (unpaired) electrons. The quantitative estimate of drug-likeness (QED) is 0.376. The SMILES string of the molecule is CCc1cccc2c([C@@H](CC(=O)NCc3ccc(F)cc3)c3cccc(OC)c3)c[nH]c12. The molecule has 4 rings (SSSR count). The van der Waals surface area contributed by atoms with E-state index in [1.807, 2.05) is 30.5 Å². The van der Waals surface area contributed by atoms with Crippen LogP contribution in [0.15, 0.2) is 72.9 Å². The van der Waals surface area contributed by atoms with Crippen LogP contribution in [0.25, 0.3) is 10.9 Å². The number of hydrogen-bond donors (Lipinski definition) is 2. The first-order chi connectivity index (χ1) is 15.6. The number of hydrogen-bond acceptors (Lipinski definition) is 2. The minimum absolute atomic E-state index is 0.0665. The molecule has 1 aromatic heterocycles. The molecular formula is C27H27FN2O2. The molecular weight excluding hydrogens is 403 g/mol. The Kier molecular flexibility index (Phi) is 6.55. The number of para-hydroxylation sites is 1. The average molecular weight is 431 g/mol. The molecule has 0 aliphatic heterocycles. The summed E-state index contributed by atoms with van der Waals surface area (Å²) >= 11 is 0. The van der Waals surface area contributed by atoms with Gasteiger partial charge in [-0.05, 0) is 52.9 Å². The van der Waals surface area contributed by atoms with Crippen molar-refractivity contribution in [2.24, 2.45) is 0 Å². The summed E-state index contributed by atoms with van der Waals surface area (Å²) in [6.07, 6.45) is 3.23. The van der Waals surface area contributed by atoms with Crippen LogP contribution in [0, 0.1) is 5.82 Å². The van der Waals surface area contributed by atoms with Crippen LogP contribution < -0.4 is 10.1 Å². The Labute approximate surface area is 187 Å². The first-order valence-electron chi connectivity index (χ1n) is 10.8. The Balaban J connectivity index is 1.64. The Morgan fingerprint density at radius 2 is 1.88 bits per heavy atom. The highest BCUT2D eigenvalue weighted by atomic mass is 19.1. The van der Waals surface area contributed by atoms with Crippen molar-refractivity contribution in [1.29, 1.82) is 0 Å². The molecule has 0 spiro atoms. The van der Waals surface area contributed by atoms with E-state index in [-0.39, 0.29) is 24.1 Å². The summed E-state index contributed by atoms with van der Waals surface area (Å²) in [5, 5.41) is 4.11. The van der Waals surface area contributed by atoms with Crippen molar-refractivity contribution in [1.82, 2.24) is 10.3 Å². The lowest BCUT2D eigenvalue weighted by molar-refractivity contribution is -0.121. The number of fused-ring (bicyclic) bond motifs is 1. The third kappa shape index (κ3) is 4.67. The third-order valence-corrected chi connectivity index (χ3v) is 5.88. The predicted molar refractivity (Wildman–Crippen MR) is 125 cm³/mol. The maximum atomic E-state index is 13.1. The number of amides is 1. The van der Waals surface area contributed by atoms with Gasteiger partial charge in [-0.25, -0.2) is 4.39 Å². The van der Waals surface area contributed by atoms with Gasteiger partial charge in [0.05, 0.1) is 7.11 Å². The van der Waals surface area contributed by atoms with Gasteiger partial charge in [0.2, 0.25) is 5.91 Å². The van der Waals surface area contributed by atoms with Gasteiger partial charge in [0, 0.05) is 36.0 Å². The highest BCUT2D eigenvalue weighted by Gasteiger charge is 2.22. The monoisotopic (exact) mass is 430 g/mol. The van der Waals surface area contributed by atoms with Crippen molar-refractivity contribution in [3.8, 4) is 5.75 Å². The van der Waals surface area contributed by atoms with E-state index in [1.54, 1.807) is 19.2 Å². The highest BCUT2D eigenvalue weighted by molar-refractivity contribution is 5.88. The molecule has 0 saturated carbocycles. The zero-order chi connectivity index (χ0) is 22.5. The average Bonchev–Trinajstić information content (AvgIpc) is 3.26. The molecule has 32 heavy (non-hydrogen) atoms. The van der Waals surface area contributed by atoms with Gasteiger partial charge in [0.1, 0.15) is 11.6 Å². The number of ether oxygens (including phenoxy) is 1. The van der Waals surface area contributed by atoms with Crippen LogP contribution in [-0.4, -0.2) is 18.0 Å². The van der Waals surface area contributed by atoms with Gasteiger partial charge in [-0.15, -0.1) is 0 Å². The van der Waals surface area contributed by atoms with Crippen LogP contribution in [-0.2, 0) is 17.8 Å². The van der Waals surface area contributed by atoms with Gasteiger partial charge in [0.25, 0.3) is 0 Å². The number of aromatic amines is 1. The molecule has 0 saturated heterocycles. The summed E-state index contributed by atoms with van der Waals surface area (Å²) in [5.74, 6) is 0.263. The molecule has 1 amide bonds. The predicted octanol–water partition coefficient (Wildman–Crippen LogP) is 5.72. The molecule has 0 aliphatic rings. The van der Waals surface area contributed by atoms with Crippen LogP contribution in [0.4, 0.5) is 4.39 Å². The van der Waals surface area contributed by atoms with Gasteiger partial charge >= 0.3 is 0 Å². The molecule has 4 aromatic rings. The summed E-state index contributed by atoms with van der Waals surface area (Å²) in [5.41, 5.74) is 5.32. The number of carbonyl (C=O) groups is 1. The van der Waals surface area contributed by atoms with E-state index in [1.165, 1.54) is 17.7 Å². The van der Waals surface area contributed by atoms with E-state index >= 15 is 0 Å². The molecule has 3 aromatic carbocycles. The Morgan fingerprint density at radius 3 is 2.62 bits per heavy atom. The van der Waals surface area contributed by atoms with Crippen LogP contribution in [0.2, 0.25) is 0 Å². The first kappa shape index (κ1) is 21.6. The minimum Gasteiger partial charge on any atom is -0.497 e. The number of aryl methyl sites for hydroxylation is 1. The van der Waals surface area contributed by atoms with Crippen LogP contribution in [0.1, 0.15) is 41.5 Å². The fraction of sp³-hybridized carbons (Fsp3) is 0.222. The summed E-state index contributed by atoms with van der Waals surface area (Å²) < 4.78 is 18.6. The molecule has 5 heteroatoms. The smallest absolute Gasteiger partial charge is 0.221 e. The third-order valence-electron chi connectivity index (χ3n) is 5.88. The molecule has 0 fully saturated rings. The van der Waals surface area contributed by atoms with E-state index in [4.69, 9.17) is 4.74 Å². The highest BCUT2D eigenvalue weighted by Crippen LogP contribution is 2.35. The Hall–Kier alpha value is -3.60. The van der Waals surface area contributed by atoms with Gasteiger partial charge in [-0.3, -0.25) is 4.79 Å². The summed E-state index contributed by atoms with van der Waals surface area (Å²) in [7, 11) is 1.64. The number of nitrogens with one attached hydrogen (secondary N) is 2. The summed E-state index contributed by atoms with van der Waals surface area (Å²) in [4.78, 5) is 16.4. The Bertz CT molecular complexity index is 1210. The second-order valence-electron chi connectivity index (χ2n) is 7.87. The fourth-order valence-electron chi connectivity index (χ4n) is 4.15. The summed E-state index contributed by atoms with van der Waals surface area (Å²) in [6, 6.07) is 20.3. The van der Waals surface area contributed by atoms with Gasteiger partial charge in [0.15, 0.2) is 0 Å². The maximum absolute atomic E-state index is 13.1. The number of halogens is 1. The summed E-state index contributed by atoms with van der Waals surface area (Å²) in [6.45, 7) is 2.50. The molecule has 0 unspecified atom stereocenters. The van der Waals surface area contributed by atoms with Crippen LogP contribution in [0.5, 0.6) is 5.75 Å². The lowest BCUT2D eigenvalue weighted by Gasteiger charge is -2.18. The molecule has 1 heterocycles. The minimum atomic E-state index is -0.288. The van der Waals surface area contributed by atoms with E-state index in [0.29, 0.717) is 6.54 Å². The van der Waals surface area contributed by atoms with Gasteiger partial charge < -0.3 is 15.0 Å². The molecule has 1 atom stereocenters. The zero-order valence-electron chi connectivity index (χ0n) is 18.3. The molecule has 4 nitrogen and oxygen atoms in total. The van der Waals surface area contributed by atoms with Gasteiger partial charge in [-0.1, -0.05) is 49.4 Å². The van der Waals surface area contributed by atoms with Crippen molar-refractivity contribution in [2.45, 2.75) is 32.2 Å². The van der Waals surface area contributed by atoms with Gasteiger partial charge in [-0.2, -0.15) is 0 Å². The molecule has 164 valence electrons. The first-order valence-corrected chi connectivity index (χ1v) is 10.8. The number of methoxy groups -OCH3 is 1. The van der Waals surface area contributed by atoms with E-state index < -0.39 is 0 Å². The van der Waals surface area contributed by atoms with Crippen molar-refractivity contribution in [3.63, 3.8) is 0 Å². The number of H-pyrrole nitrogens is 1. The fourth-order valence-corrected chi connectivity index (χ4v) is 4.15. The van der Waals surface area contributed by atoms with E-state index in [0.717, 1.165) is 39.8 Å². The van der Waals surface area contributed by atoms with Crippen molar-refractivity contribution >= 4 is 16.8 Å². The standard InChI is InChI=1S/C27H27FN2O2/c1-3-19-6-5-9-23-25(17-30-27(19)23)24(20-7-4-8-22(14-20)32-2)15-26(31)29-16-18-10-12-21(28)13-11-18/h4-14,17,24,30H,3,15-16H2,1-2H3,(H,29,31)/t24-/m0/s1. The molecule has 0 aliphatic carbocycles. The van der Waals surface area contributed by atoms with E-state index in [2.05, 4.69) is 35.4 Å². The zero-order valence-corrected chi connectivity index (χ0v) is 18.3. The van der Waals surface area contributed by atoms with Crippen molar-refractivity contribution < 1.29 is 13.9 Å². The van der Waals surface area contributed by atoms with Crippen molar-refractivity contribution in [2.75, 3.05) is 7.11 Å². The maximum Gasteiger partial charge on any atom is 0.221 e.